The van der Waals surface area contributed by atoms with E-state index in [-0.39, 0.29) is 0 Å². The van der Waals surface area contributed by atoms with Crippen molar-refractivity contribution in [3.63, 3.8) is 0 Å². The summed E-state index contributed by atoms with van der Waals surface area (Å²) in [6.07, 6.45) is 15.1. The first-order valence-electron chi connectivity index (χ1n) is 8.05. The zero-order valence-corrected chi connectivity index (χ0v) is 16.4. The van der Waals surface area contributed by atoms with E-state index in [4.69, 9.17) is 0 Å². The predicted molar refractivity (Wildman–Crippen MR) is 102 cm³/mol. The van der Waals surface area contributed by atoms with Gasteiger partial charge in [0.2, 0.25) is 0 Å². The van der Waals surface area contributed by atoms with Crippen molar-refractivity contribution in [1.82, 2.24) is 0 Å². The predicted octanol–water partition coefficient (Wildman–Crippen LogP) is 7.53. The number of hydrogen-bond donors (Lipinski definition) is 0. The summed E-state index contributed by atoms with van der Waals surface area (Å²) in [5.41, 5.74) is 5.79. The van der Waals surface area contributed by atoms with Crippen LogP contribution in [0.5, 0.6) is 0 Å². The first-order chi connectivity index (χ1) is 9.81. The summed E-state index contributed by atoms with van der Waals surface area (Å²) in [5, 5.41) is 0. The Morgan fingerprint density at radius 2 is 1.24 bits per heavy atom. The quantitative estimate of drug-likeness (QED) is 0.297. The van der Waals surface area contributed by atoms with Crippen molar-refractivity contribution in [2.24, 2.45) is 0 Å². The Morgan fingerprint density at radius 3 is 1.71 bits per heavy atom. The van der Waals surface area contributed by atoms with Crippen molar-refractivity contribution in [1.29, 1.82) is 0 Å². The van der Waals surface area contributed by atoms with E-state index in [0.29, 0.717) is 4.83 Å². The third-order valence-corrected chi connectivity index (χ3v) is 3.98. The fourth-order valence-corrected chi connectivity index (χ4v) is 2.69. The number of hydrogen-bond acceptors (Lipinski definition) is 0. The Kier molecular flexibility index (Phi) is 11.7. The van der Waals surface area contributed by atoms with Crippen LogP contribution in [0.3, 0.4) is 0 Å². The van der Waals surface area contributed by atoms with Crippen LogP contribution in [0.15, 0.2) is 46.6 Å². The largest absolute Gasteiger partial charge is 0.0856 e. The minimum absolute atomic E-state index is 0.461. The monoisotopic (exact) mass is 352 g/mol. The molecule has 0 heterocycles. The highest BCUT2D eigenvalue weighted by Gasteiger charge is 2.00. The second kappa shape index (κ2) is 12.0. The zero-order valence-electron chi connectivity index (χ0n) is 14.8. The molecule has 0 saturated carbocycles. The van der Waals surface area contributed by atoms with Gasteiger partial charge < -0.3 is 0 Å². The maximum Gasteiger partial charge on any atom is 0.0362 e. The Hall–Kier alpha value is -0.560. The number of rotatable bonds is 9. The first-order valence-corrected chi connectivity index (χ1v) is 8.96. The van der Waals surface area contributed by atoms with Gasteiger partial charge in [-0.2, -0.15) is 0 Å². The molecular weight excluding hydrogens is 320 g/mol. The van der Waals surface area contributed by atoms with Crippen LogP contribution in [0.25, 0.3) is 0 Å². The second-order valence-electron chi connectivity index (χ2n) is 6.46. The standard InChI is InChI=1S/C20H33Br/c1-16(2)9-7-11-18(5)13-14-20(21)15-19(6)12-8-10-17(3)4/h9-10,13,15,20H,7-8,11-12,14H2,1-6H3. The van der Waals surface area contributed by atoms with Gasteiger partial charge in [-0.05, 0) is 73.6 Å². The molecule has 0 aromatic carbocycles. The minimum atomic E-state index is 0.461. The van der Waals surface area contributed by atoms with Gasteiger partial charge in [0.25, 0.3) is 0 Å². The molecule has 0 radical (unpaired) electrons. The normalized spacial score (nSPS) is 13.9. The molecule has 0 saturated heterocycles. The topological polar surface area (TPSA) is 0 Å². The molecule has 0 aliphatic rings. The Labute approximate surface area is 141 Å². The van der Waals surface area contributed by atoms with E-state index in [1.165, 1.54) is 28.7 Å². The Balaban J connectivity index is 4.14. The molecule has 1 unspecified atom stereocenters. The van der Waals surface area contributed by atoms with Crippen molar-refractivity contribution in [3.05, 3.63) is 46.6 Å². The third kappa shape index (κ3) is 14.2. The van der Waals surface area contributed by atoms with Gasteiger partial charge in [-0.15, -0.1) is 0 Å². The van der Waals surface area contributed by atoms with E-state index >= 15 is 0 Å². The maximum atomic E-state index is 3.77. The molecule has 120 valence electrons. The van der Waals surface area contributed by atoms with Crippen LogP contribution < -0.4 is 0 Å². The van der Waals surface area contributed by atoms with E-state index in [9.17, 15) is 0 Å². The second-order valence-corrected chi connectivity index (χ2v) is 7.63. The van der Waals surface area contributed by atoms with Crippen molar-refractivity contribution in [3.8, 4) is 0 Å². The van der Waals surface area contributed by atoms with E-state index in [1.54, 1.807) is 0 Å². The maximum absolute atomic E-state index is 3.77. The third-order valence-electron chi connectivity index (χ3n) is 3.34. The van der Waals surface area contributed by atoms with E-state index in [1.807, 2.05) is 0 Å². The molecule has 0 amide bonds. The Bertz CT molecular complexity index is 400. The van der Waals surface area contributed by atoms with E-state index < -0.39 is 0 Å². The summed E-state index contributed by atoms with van der Waals surface area (Å²) < 4.78 is 0. The highest BCUT2D eigenvalue weighted by Crippen LogP contribution is 2.16. The van der Waals surface area contributed by atoms with Gasteiger partial charge in [-0.3, -0.25) is 0 Å². The number of allylic oxidation sites excluding steroid dienone is 8. The molecule has 1 heteroatoms. The van der Waals surface area contributed by atoms with E-state index in [2.05, 4.69) is 81.8 Å². The van der Waals surface area contributed by atoms with Gasteiger partial charge in [0.15, 0.2) is 0 Å². The summed E-state index contributed by atoms with van der Waals surface area (Å²) in [7, 11) is 0. The lowest BCUT2D eigenvalue weighted by molar-refractivity contribution is 0.926. The lowest BCUT2D eigenvalue weighted by atomic mass is 10.1. The molecular formula is C20H33Br. The van der Waals surface area contributed by atoms with Crippen molar-refractivity contribution in [2.45, 2.75) is 78.5 Å². The average molecular weight is 353 g/mol. The minimum Gasteiger partial charge on any atom is -0.0856 e. The molecule has 0 aromatic heterocycles. The highest BCUT2D eigenvalue weighted by molar-refractivity contribution is 9.09. The lowest BCUT2D eigenvalue weighted by Gasteiger charge is -2.06. The summed E-state index contributed by atoms with van der Waals surface area (Å²) in [6.45, 7) is 13.1. The fourth-order valence-electron chi connectivity index (χ4n) is 2.05. The van der Waals surface area contributed by atoms with Crippen molar-refractivity contribution >= 4 is 15.9 Å². The molecule has 0 bridgehead atoms. The summed E-state index contributed by atoms with van der Waals surface area (Å²) in [6, 6.07) is 0. The van der Waals surface area contributed by atoms with Gasteiger partial charge >= 0.3 is 0 Å². The van der Waals surface area contributed by atoms with Gasteiger partial charge in [0, 0.05) is 4.83 Å². The van der Waals surface area contributed by atoms with Crippen LogP contribution in [0, 0.1) is 0 Å². The van der Waals surface area contributed by atoms with E-state index in [0.717, 1.165) is 25.7 Å². The van der Waals surface area contributed by atoms with Crippen LogP contribution in [-0.2, 0) is 0 Å². The van der Waals surface area contributed by atoms with Gasteiger partial charge in [-0.1, -0.05) is 62.5 Å². The van der Waals surface area contributed by atoms with Crippen LogP contribution in [0.2, 0.25) is 0 Å². The lowest BCUT2D eigenvalue weighted by Crippen LogP contribution is -1.93. The molecule has 0 aliphatic carbocycles. The van der Waals surface area contributed by atoms with Crippen molar-refractivity contribution in [2.75, 3.05) is 0 Å². The molecule has 0 fully saturated rings. The summed E-state index contributed by atoms with van der Waals surface area (Å²) in [5.74, 6) is 0. The summed E-state index contributed by atoms with van der Waals surface area (Å²) in [4.78, 5) is 0.461. The van der Waals surface area contributed by atoms with Gasteiger partial charge in [-0.25, -0.2) is 0 Å². The van der Waals surface area contributed by atoms with Crippen LogP contribution in [0.4, 0.5) is 0 Å². The zero-order chi connectivity index (χ0) is 16.3. The van der Waals surface area contributed by atoms with Gasteiger partial charge in [0.05, 0.1) is 0 Å². The SMILES string of the molecule is CC(C)=CCCC(C)=CCC(Br)C=C(C)CCC=C(C)C. The molecule has 0 spiro atoms. The Morgan fingerprint density at radius 1 is 0.762 bits per heavy atom. The molecule has 0 N–H and O–H groups in total. The molecule has 0 aromatic rings. The van der Waals surface area contributed by atoms with Crippen molar-refractivity contribution < 1.29 is 0 Å². The molecule has 1 atom stereocenters. The number of halogens is 1. The smallest absolute Gasteiger partial charge is 0.0362 e. The fraction of sp³-hybridized carbons (Fsp3) is 0.600. The molecule has 0 nitrogen and oxygen atoms in total. The van der Waals surface area contributed by atoms with Gasteiger partial charge in [0.1, 0.15) is 0 Å². The first kappa shape index (κ1) is 20.4. The average Bonchev–Trinajstić information content (AvgIpc) is 2.35. The van der Waals surface area contributed by atoms with Crippen LogP contribution >= 0.6 is 15.9 Å². The highest BCUT2D eigenvalue weighted by atomic mass is 79.9. The molecule has 0 aliphatic heterocycles. The number of alkyl halides is 1. The van der Waals surface area contributed by atoms with Crippen LogP contribution in [-0.4, -0.2) is 4.83 Å². The molecule has 0 rings (SSSR count). The molecule has 21 heavy (non-hydrogen) atoms. The van der Waals surface area contributed by atoms with Crippen LogP contribution in [0.1, 0.15) is 73.6 Å². The summed E-state index contributed by atoms with van der Waals surface area (Å²) >= 11 is 3.77.